The third-order valence-electron chi connectivity index (χ3n) is 2.48. The number of aldehydes is 1. The first-order valence-electron chi connectivity index (χ1n) is 5.39. The zero-order chi connectivity index (χ0) is 12.8. The van der Waals surface area contributed by atoms with Crippen molar-refractivity contribution < 1.29 is 19.4 Å². The summed E-state index contributed by atoms with van der Waals surface area (Å²) in [5.41, 5.74) is 1.61. The van der Waals surface area contributed by atoms with Gasteiger partial charge in [0.15, 0.2) is 0 Å². The Kier molecular flexibility index (Phi) is 4.69. The molecule has 1 N–H and O–H groups in total. The molecular formula is C13H16O4. The lowest BCUT2D eigenvalue weighted by Gasteiger charge is -2.10. The number of aliphatic carboxylic acids is 1. The fourth-order valence-electron chi connectivity index (χ4n) is 1.64. The van der Waals surface area contributed by atoms with Gasteiger partial charge < -0.3 is 14.6 Å². The van der Waals surface area contributed by atoms with E-state index in [0.717, 1.165) is 11.8 Å². The number of ether oxygens (including phenoxy) is 1. The van der Waals surface area contributed by atoms with E-state index in [4.69, 9.17) is 9.84 Å². The van der Waals surface area contributed by atoms with Crippen molar-refractivity contribution in [2.75, 3.05) is 7.11 Å². The van der Waals surface area contributed by atoms with Gasteiger partial charge in [-0.15, -0.1) is 0 Å². The topological polar surface area (TPSA) is 63.6 Å². The number of carboxylic acid groups (broad SMARTS) is 1. The maximum Gasteiger partial charge on any atom is 0.307 e. The largest absolute Gasteiger partial charge is 0.496 e. The molecule has 0 aliphatic carbocycles. The zero-order valence-electron chi connectivity index (χ0n) is 9.97. The summed E-state index contributed by atoms with van der Waals surface area (Å²) >= 11 is 0. The maximum atomic E-state index is 10.6. The number of rotatable bonds is 6. The van der Waals surface area contributed by atoms with E-state index in [0.29, 0.717) is 17.7 Å². The SMILES string of the molecule is COc1cc(CC(C)C=O)ccc1CC(=O)O. The maximum absolute atomic E-state index is 10.6. The van der Waals surface area contributed by atoms with Crippen LogP contribution in [0.2, 0.25) is 0 Å². The first kappa shape index (κ1) is 13.2. The van der Waals surface area contributed by atoms with E-state index in [1.165, 1.54) is 7.11 Å². The van der Waals surface area contributed by atoms with Gasteiger partial charge in [-0.3, -0.25) is 4.79 Å². The lowest BCUT2D eigenvalue weighted by molar-refractivity contribution is -0.136. The smallest absolute Gasteiger partial charge is 0.307 e. The van der Waals surface area contributed by atoms with Gasteiger partial charge in [0.05, 0.1) is 13.5 Å². The van der Waals surface area contributed by atoms with Crippen molar-refractivity contribution in [1.82, 2.24) is 0 Å². The molecule has 1 unspecified atom stereocenters. The van der Waals surface area contributed by atoms with Gasteiger partial charge in [-0.25, -0.2) is 0 Å². The van der Waals surface area contributed by atoms with Crippen LogP contribution >= 0.6 is 0 Å². The molecule has 0 spiro atoms. The van der Waals surface area contributed by atoms with E-state index < -0.39 is 5.97 Å². The third kappa shape index (κ3) is 3.90. The van der Waals surface area contributed by atoms with Crippen molar-refractivity contribution in [1.29, 1.82) is 0 Å². The van der Waals surface area contributed by atoms with E-state index in [1.54, 1.807) is 12.1 Å². The van der Waals surface area contributed by atoms with Crippen molar-refractivity contribution in [3.63, 3.8) is 0 Å². The Hall–Kier alpha value is -1.84. The molecule has 0 bridgehead atoms. The van der Waals surface area contributed by atoms with Crippen LogP contribution in [0.3, 0.4) is 0 Å². The Bertz CT molecular complexity index is 412. The Balaban J connectivity index is 2.91. The van der Waals surface area contributed by atoms with Crippen LogP contribution in [0.1, 0.15) is 18.1 Å². The monoisotopic (exact) mass is 236 g/mol. The van der Waals surface area contributed by atoms with Crippen LogP contribution in [0.5, 0.6) is 5.75 Å². The van der Waals surface area contributed by atoms with Gasteiger partial charge in [0.2, 0.25) is 0 Å². The standard InChI is InChI=1S/C13H16O4/c1-9(8-14)5-10-3-4-11(7-13(15)16)12(6-10)17-2/h3-4,6,8-9H,5,7H2,1-2H3,(H,15,16). The van der Waals surface area contributed by atoms with Gasteiger partial charge in [-0.1, -0.05) is 19.1 Å². The number of carbonyl (C=O) groups is 2. The Morgan fingerprint density at radius 3 is 2.76 bits per heavy atom. The Morgan fingerprint density at radius 1 is 1.53 bits per heavy atom. The molecule has 92 valence electrons. The summed E-state index contributed by atoms with van der Waals surface area (Å²) in [7, 11) is 1.51. The van der Waals surface area contributed by atoms with Crippen LogP contribution in [0.15, 0.2) is 18.2 Å². The van der Waals surface area contributed by atoms with Crippen molar-refractivity contribution >= 4 is 12.3 Å². The Morgan fingerprint density at radius 2 is 2.24 bits per heavy atom. The predicted octanol–water partition coefficient (Wildman–Crippen LogP) is 1.70. The van der Waals surface area contributed by atoms with Crippen LogP contribution in [-0.4, -0.2) is 24.5 Å². The normalized spacial score (nSPS) is 11.9. The highest BCUT2D eigenvalue weighted by atomic mass is 16.5. The molecule has 0 radical (unpaired) electrons. The number of methoxy groups -OCH3 is 1. The van der Waals surface area contributed by atoms with Crippen molar-refractivity contribution in [3.05, 3.63) is 29.3 Å². The number of carboxylic acids is 1. The second kappa shape index (κ2) is 6.03. The predicted molar refractivity (Wildman–Crippen MR) is 63.3 cm³/mol. The fourth-order valence-corrected chi connectivity index (χ4v) is 1.64. The summed E-state index contributed by atoms with van der Waals surface area (Å²) in [6, 6.07) is 5.36. The van der Waals surface area contributed by atoms with Crippen LogP contribution in [0.25, 0.3) is 0 Å². The molecule has 17 heavy (non-hydrogen) atoms. The minimum atomic E-state index is -0.891. The van der Waals surface area contributed by atoms with E-state index in [2.05, 4.69) is 0 Å². The van der Waals surface area contributed by atoms with Gasteiger partial charge in [0.25, 0.3) is 0 Å². The van der Waals surface area contributed by atoms with Crippen LogP contribution in [0, 0.1) is 5.92 Å². The summed E-state index contributed by atoms with van der Waals surface area (Å²) in [5.74, 6) is -0.384. The molecule has 0 amide bonds. The molecule has 1 aromatic carbocycles. The molecule has 4 nitrogen and oxygen atoms in total. The summed E-state index contributed by atoms with van der Waals surface area (Å²) < 4.78 is 5.15. The summed E-state index contributed by atoms with van der Waals surface area (Å²) in [6.07, 6.45) is 1.47. The molecule has 0 aliphatic rings. The molecule has 0 fully saturated rings. The highest BCUT2D eigenvalue weighted by Gasteiger charge is 2.09. The minimum absolute atomic E-state index is 0.0509. The van der Waals surface area contributed by atoms with Gasteiger partial charge in [0, 0.05) is 11.5 Å². The number of hydrogen-bond donors (Lipinski definition) is 1. The quantitative estimate of drug-likeness (QED) is 0.763. The molecule has 0 aliphatic heterocycles. The molecule has 0 saturated carbocycles. The molecule has 4 heteroatoms. The first-order valence-corrected chi connectivity index (χ1v) is 5.39. The van der Waals surface area contributed by atoms with Crippen LogP contribution in [-0.2, 0) is 22.4 Å². The molecule has 1 atom stereocenters. The lowest BCUT2D eigenvalue weighted by atomic mass is 10.00. The molecule has 0 aromatic heterocycles. The second-order valence-corrected chi connectivity index (χ2v) is 4.03. The van der Waals surface area contributed by atoms with Gasteiger partial charge in [-0.2, -0.15) is 0 Å². The minimum Gasteiger partial charge on any atom is -0.496 e. The average molecular weight is 236 g/mol. The third-order valence-corrected chi connectivity index (χ3v) is 2.48. The highest BCUT2D eigenvalue weighted by molar-refractivity contribution is 5.71. The zero-order valence-corrected chi connectivity index (χ0v) is 9.97. The summed E-state index contributed by atoms with van der Waals surface area (Å²) in [4.78, 5) is 21.2. The summed E-state index contributed by atoms with van der Waals surface area (Å²) in [5, 5.41) is 8.74. The fraction of sp³-hybridized carbons (Fsp3) is 0.385. The van der Waals surface area contributed by atoms with Gasteiger partial charge in [0.1, 0.15) is 12.0 Å². The van der Waals surface area contributed by atoms with Crippen LogP contribution < -0.4 is 4.74 Å². The van der Waals surface area contributed by atoms with Gasteiger partial charge >= 0.3 is 5.97 Å². The number of carbonyl (C=O) groups excluding carboxylic acids is 1. The lowest BCUT2D eigenvalue weighted by Crippen LogP contribution is -2.05. The molecule has 0 saturated heterocycles. The van der Waals surface area contributed by atoms with E-state index in [-0.39, 0.29) is 12.3 Å². The molecule has 1 aromatic rings. The van der Waals surface area contributed by atoms with Crippen molar-refractivity contribution in [2.24, 2.45) is 5.92 Å². The first-order chi connectivity index (χ1) is 8.06. The van der Waals surface area contributed by atoms with Crippen molar-refractivity contribution in [2.45, 2.75) is 19.8 Å². The summed E-state index contributed by atoms with van der Waals surface area (Å²) in [6.45, 7) is 1.84. The Labute approximate surface area is 100 Å². The van der Waals surface area contributed by atoms with E-state index in [9.17, 15) is 9.59 Å². The van der Waals surface area contributed by atoms with Gasteiger partial charge in [-0.05, 0) is 18.1 Å². The molecule has 1 rings (SSSR count). The highest BCUT2D eigenvalue weighted by Crippen LogP contribution is 2.22. The number of hydrogen-bond acceptors (Lipinski definition) is 3. The van der Waals surface area contributed by atoms with E-state index >= 15 is 0 Å². The number of benzene rings is 1. The second-order valence-electron chi connectivity index (χ2n) is 4.03. The molecule has 0 heterocycles. The van der Waals surface area contributed by atoms with Crippen molar-refractivity contribution in [3.8, 4) is 5.75 Å². The van der Waals surface area contributed by atoms with Crippen LogP contribution in [0.4, 0.5) is 0 Å². The molecular weight excluding hydrogens is 220 g/mol. The average Bonchev–Trinajstić information content (AvgIpc) is 2.30. The van der Waals surface area contributed by atoms with E-state index in [1.807, 2.05) is 13.0 Å².